The van der Waals surface area contributed by atoms with Crippen LogP contribution in [-0.4, -0.2) is 15.5 Å². The molecular weight excluding hydrogens is 328 g/mol. The van der Waals surface area contributed by atoms with E-state index in [1.54, 1.807) is 16.7 Å². The molecule has 3 rings (SSSR count). The fourth-order valence-corrected chi connectivity index (χ4v) is 2.53. The smallest absolute Gasteiger partial charge is 0.261 e. The number of anilines is 1. The fraction of sp³-hybridized carbons (Fsp3) is 0.167. The zero-order valence-electron chi connectivity index (χ0n) is 13.6. The molecule has 0 unspecified atom stereocenters. The Balaban J connectivity index is 2.07. The van der Waals surface area contributed by atoms with Gasteiger partial charge in [-0.2, -0.15) is 0 Å². The molecule has 0 radical (unpaired) electrons. The minimum absolute atomic E-state index is 0.0634. The zero-order valence-corrected chi connectivity index (χ0v) is 13.6. The first-order valence-electron chi connectivity index (χ1n) is 7.68. The molecule has 2 aromatic heterocycles. The van der Waals surface area contributed by atoms with Crippen molar-refractivity contribution >= 4 is 22.6 Å². The van der Waals surface area contributed by atoms with Gasteiger partial charge in [0.05, 0.1) is 5.39 Å². The van der Waals surface area contributed by atoms with E-state index in [9.17, 15) is 18.4 Å². The molecule has 1 N–H and O–H groups in total. The van der Waals surface area contributed by atoms with Gasteiger partial charge in [0.2, 0.25) is 5.43 Å². The van der Waals surface area contributed by atoms with Gasteiger partial charge in [-0.15, -0.1) is 0 Å². The van der Waals surface area contributed by atoms with Gasteiger partial charge >= 0.3 is 0 Å². The van der Waals surface area contributed by atoms with Gasteiger partial charge in [0.1, 0.15) is 11.2 Å². The second kappa shape index (κ2) is 6.43. The van der Waals surface area contributed by atoms with E-state index in [0.717, 1.165) is 17.8 Å². The van der Waals surface area contributed by atoms with Crippen molar-refractivity contribution in [2.75, 3.05) is 5.32 Å². The van der Waals surface area contributed by atoms with Crippen LogP contribution in [-0.2, 0) is 6.54 Å². The molecule has 128 valence electrons. The summed E-state index contributed by atoms with van der Waals surface area (Å²) >= 11 is 0. The largest absolute Gasteiger partial charge is 0.332 e. The van der Waals surface area contributed by atoms with Crippen LogP contribution in [0.1, 0.15) is 23.0 Å². The minimum Gasteiger partial charge on any atom is -0.332 e. The first-order valence-corrected chi connectivity index (χ1v) is 7.68. The van der Waals surface area contributed by atoms with Gasteiger partial charge < -0.3 is 9.88 Å². The number of nitrogens with zero attached hydrogens (tertiary/aromatic N) is 2. The van der Waals surface area contributed by atoms with E-state index >= 15 is 0 Å². The summed E-state index contributed by atoms with van der Waals surface area (Å²) in [6, 6.07) is 6.31. The third-order valence-electron chi connectivity index (χ3n) is 3.82. The van der Waals surface area contributed by atoms with Gasteiger partial charge in [-0.3, -0.25) is 9.59 Å². The minimum atomic E-state index is -1.08. The molecule has 3 aromatic rings. The summed E-state index contributed by atoms with van der Waals surface area (Å²) in [4.78, 5) is 29.4. The number of hydrogen-bond donors (Lipinski definition) is 1. The number of rotatable bonds is 3. The highest BCUT2D eigenvalue weighted by molar-refractivity contribution is 6.05. The van der Waals surface area contributed by atoms with E-state index in [-0.39, 0.29) is 11.3 Å². The quantitative estimate of drug-likeness (QED) is 0.794. The molecule has 0 bridgehead atoms. The third kappa shape index (κ3) is 3.13. The highest BCUT2D eigenvalue weighted by Crippen LogP contribution is 2.15. The molecule has 0 aliphatic rings. The number of aryl methyl sites for hydroxylation is 2. The van der Waals surface area contributed by atoms with Crippen LogP contribution in [0.15, 0.2) is 41.3 Å². The summed E-state index contributed by atoms with van der Waals surface area (Å²) in [5.74, 6) is -2.79. The number of carbonyl (C=O) groups is 1. The summed E-state index contributed by atoms with van der Waals surface area (Å²) in [7, 11) is 0. The molecule has 0 atom stereocenters. The molecule has 0 spiro atoms. The van der Waals surface area contributed by atoms with Gasteiger partial charge in [0.25, 0.3) is 5.91 Å². The van der Waals surface area contributed by atoms with Crippen molar-refractivity contribution in [3.05, 3.63) is 69.6 Å². The Kier molecular flexibility index (Phi) is 4.31. The Morgan fingerprint density at radius 2 is 1.96 bits per heavy atom. The summed E-state index contributed by atoms with van der Waals surface area (Å²) in [5.41, 5.74) is 0.760. The fourth-order valence-electron chi connectivity index (χ4n) is 2.53. The molecule has 0 aliphatic carbocycles. The van der Waals surface area contributed by atoms with Crippen molar-refractivity contribution in [2.45, 2.75) is 20.4 Å². The lowest BCUT2D eigenvalue weighted by Crippen LogP contribution is -2.24. The standard InChI is InChI=1S/C18H15F2N3O2/c1-3-23-9-13(16(24)12-6-4-10(2)21-17(12)23)18(25)22-11-5-7-14(19)15(20)8-11/h4-9H,3H2,1-2H3,(H,22,25). The van der Waals surface area contributed by atoms with E-state index in [2.05, 4.69) is 10.3 Å². The lowest BCUT2D eigenvalue weighted by atomic mass is 10.1. The SMILES string of the molecule is CCn1cc(C(=O)Nc2ccc(F)c(F)c2)c(=O)c2ccc(C)nc21. The molecule has 0 fully saturated rings. The van der Waals surface area contributed by atoms with Crippen LogP contribution in [0.5, 0.6) is 0 Å². The van der Waals surface area contributed by atoms with Crippen molar-refractivity contribution in [1.29, 1.82) is 0 Å². The molecular formula is C18H15F2N3O2. The third-order valence-corrected chi connectivity index (χ3v) is 3.82. The summed E-state index contributed by atoms with van der Waals surface area (Å²) in [6.07, 6.45) is 1.42. The Labute approximate surface area is 141 Å². The maximum Gasteiger partial charge on any atom is 0.261 e. The highest BCUT2D eigenvalue weighted by atomic mass is 19.2. The predicted molar refractivity (Wildman–Crippen MR) is 90.7 cm³/mol. The number of pyridine rings is 2. The number of carbonyl (C=O) groups excluding carboxylic acids is 1. The first-order chi connectivity index (χ1) is 11.9. The summed E-state index contributed by atoms with van der Waals surface area (Å²) in [6.45, 7) is 4.19. The van der Waals surface area contributed by atoms with Gasteiger partial charge in [-0.25, -0.2) is 13.8 Å². The molecule has 2 heterocycles. The second-order valence-electron chi connectivity index (χ2n) is 5.56. The lowest BCUT2D eigenvalue weighted by Gasteiger charge is -2.11. The van der Waals surface area contributed by atoms with Crippen molar-refractivity contribution in [3.8, 4) is 0 Å². The zero-order chi connectivity index (χ0) is 18.1. The van der Waals surface area contributed by atoms with Crippen LogP contribution in [0.4, 0.5) is 14.5 Å². The molecule has 0 saturated heterocycles. The topological polar surface area (TPSA) is 64.0 Å². The Hall–Kier alpha value is -3.09. The molecule has 1 aromatic carbocycles. The molecule has 25 heavy (non-hydrogen) atoms. The Morgan fingerprint density at radius 1 is 1.20 bits per heavy atom. The van der Waals surface area contributed by atoms with Crippen molar-refractivity contribution in [1.82, 2.24) is 9.55 Å². The number of halogens is 2. The normalized spacial score (nSPS) is 10.9. The molecule has 1 amide bonds. The first kappa shape index (κ1) is 16.8. The monoisotopic (exact) mass is 343 g/mol. The molecule has 0 aliphatic heterocycles. The predicted octanol–water partition coefficient (Wildman–Crippen LogP) is 3.26. The average Bonchev–Trinajstić information content (AvgIpc) is 2.58. The van der Waals surface area contributed by atoms with Gasteiger partial charge in [-0.1, -0.05) is 0 Å². The number of amides is 1. The average molecular weight is 343 g/mol. The molecule has 7 heteroatoms. The second-order valence-corrected chi connectivity index (χ2v) is 5.56. The van der Waals surface area contributed by atoms with Crippen LogP contribution >= 0.6 is 0 Å². The highest BCUT2D eigenvalue weighted by Gasteiger charge is 2.16. The Bertz CT molecular complexity index is 1040. The maximum atomic E-state index is 13.3. The number of aromatic nitrogens is 2. The molecule has 5 nitrogen and oxygen atoms in total. The lowest BCUT2D eigenvalue weighted by molar-refractivity contribution is 0.102. The number of hydrogen-bond acceptors (Lipinski definition) is 3. The van der Waals surface area contributed by atoms with Gasteiger partial charge in [-0.05, 0) is 38.1 Å². The van der Waals surface area contributed by atoms with Crippen LogP contribution < -0.4 is 10.7 Å². The number of fused-ring (bicyclic) bond motifs is 1. The van der Waals surface area contributed by atoms with Crippen molar-refractivity contribution in [3.63, 3.8) is 0 Å². The van der Waals surface area contributed by atoms with E-state index in [1.807, 2.05) is 13.8 Å². The van der Waals surface area contributed by atoms with E-state index in [0.29, 0.717) is 17.6 Å². The van der Waals surface area contributed by atoms with Gasteiger partial charge in [0, 0.05) is 30.2 Å². The van der Waals surface area contributed by atoms with Crippen molar-refractivity contribution < 1.29 is 13.6 Å². The van der Waals surface area contributed by atoms with Crippen LogP contribution in [0.25, 0.3) is 11.0 Å². The van der Waals surface area contributed by atoms with Crippen LogP contribution in [0, 0.1) is 18.6 Å². The van der Waals surface area contributed by atoms with Crippen LogP contribution in [0.3, 0.4) is 0 Å². The van der Waals surface area contributed by atoms with Gasteiger partial charge in [0.15, 0.2) is 11.6 Å². The summed E-state index contributed by atoms with van der Waals surface area (Å²) in [5, 5.41) is 2.74. The van der Waals surface area contributed by atoms with E-state index < -0.39 is 23.0 Å². The van der Waals surface area contributed by atoms with E-state index in [1.165, 1.54) is 12.3 Å². The molecule has 0 saturated carbocycles. The Morgan fingerprint density at radius 3 is 2.64 bits per heavy atom. The van der Waals surface area contributed by atoms with Crippen LogP contribution in [0.2, 0.25) is 0 Å². The van der Waals surface area contributed by atoms with E-state index in [4.69, 9.17) is 0 Å². The maximum absolute atomic E-state index is 13.3. The van der Waals surface area contributed by atoms with Crippen molar-refractivity contribution in [2.24, 2.45) is 0 Å². The summed E-state index contributed by atoms with van der Waals surface area (Å²) < 4.78 is 28.0. The number of benzene rings is 1. The number of nitrogens with one attached hydrogen (secondary N) is 1.